The molecule has 4 N–H and O–H groups in total. The molecule has 0 saturated heterocycles. The standard InChI is InChI=1S/C14H24N4OS/c1-4-14(3,5-2)18-12(19)10-11(15)17-13(20-10)16-9-7-6-8-9/h9H,4-8,15H2,1-3H3,(H,16,17)(H,18,19). The number of amides is 1. The van der Waals surface area contributed by atoms with E-state index in [1.54, 1.807) is 0 Å². The van der Waals surface area contributed by atoms with Gasteiger partial charge in [-0.1, -0.05) is 25.2 Å². The van der Waals surface area contributed by atoms with Crippen molar-refractivity contribution in [2.24, 2.45) is 0 Å². The zero-order chi connectivity index (χ0) is 14.8. The molecule has 0 spiro atoms. The van der Waals surface area contributed by atoms with E-state index in [0.717, 1.165) is 18.0 Å². The van der Waals surface area contributed by atoms with Crippen LogP contribution in [0.2, 0.25) is 0 Å². The fourth-order valence-corrected chi connectivity index (χ4v) is 2.90. The van der Waals surface area contributed by atoms with Crippen LogP contribution in [0.15, 0.2) is 0 Å². The summed E-state index contributed by atoms with van der Waals surface area (Å²) in [7, 11) is 0. The summed E-state index contributed by atoms with van der Waals surface area (Å²) in [6.07, 6.45) is 5.38. The zero-order valence-electron chi connectivity index (χ0n) is 12.5. The smallest absolute Gasteiger partial charge is 0.265 e. The van der Waals surface area contributed by atoms with Gasteiger partial charge in [0.1, 0.15) is 10.7 Å². The Kier molecular flexibility index (Phi) is 4.52. The van der Waals surface area contributed by atoms with Gasteiger partial charge in [0.25, 0.3) is 5.91 Å². The lowest BCUT2D eigenvalue weighted by Gasteiger charge is -2.27. The molecule has 6 heteroatoms. The van der Waals surface area contributed by atoms with Gasteiger partial charge in [-0.2, -0.15) is 0 Å². The van der Waals surface area contributed by atoms with Crippen LogP contribution < -0.4 is 16.4 Å². The molecule has 1 fully saturated rings. The minimum absolute atomic E-state index is 0.118. The summed E-state index contributed by atoms with van der Waals surface area (Å²) in [5.74, 6) is 0.205. The molecule has 1 amide bonds. The summed E-state index contributed by atoms with van der Waals surface area (Å²) in [6, 6.07) is 0.494. The molecular weight excluding hydrogens is 272 g/mol. The maximum atomic E-state index is 12.3. The van der Waals surface area contributed by atoms with E-state index in [0.29, 0.717) is 16.7 Å². The van der Waals surface area contributed by atoms with Gasteiger partial charge < -0.3 is 16.4 Å². The highest BCUT2D eigenvalue weighted by molar-refractivity contribution is 7.18. The van der Waals surface area contributed by atoms with Gasteiger partial charge in [-0.25, -0.2) is 4.98 Å². The topological polar surface area (TPSA) is 80.0 Å². The van der Waals surface area contributed by atoms with E-state index < -0.39 is 0 Å². The Morgan fingerprint density at radius 2 is 2.10 bits per heavy atom. The van der Waals surface area contributed by atoms with Crippen molar-refractivity contribution in [2.45, 2.75) is 64.5 Å². The van der Waals surface area contributed by atoms with Crippen molar-refractivity contribution < 1.29 is 4.79 Å². The third kappa shape index (κ3) is 3.23. The first-order valence-electron chi connectivity index (χ1n) is 7.32. The highest BCUT2D eigenvalue weighted by atomic mass is 32.1. The predicted molar refractivity (Wildman–Crippen MR) is 84.2 cm³/mol. The zero-order valence-corrected chi connectivity index (χ0v) is 13.3. The summed E-state index contributed by atoms with van der Waals surface area (Å²) in [4.78, 5) is 17.1. The normalized spacial score (nSPS) is 15.8. The molecule has 1 heterocycles. The molecule has 1 aromatic heterocycles. The molecule has 2 rings (SSSR count). The molecule has 0 bridgehead atoms. The number of carbonyl (C=O) groups excluding carboxylic acids is 1. The molecule has 112 valence electrons. The molecule has 0 unspecified atom stereocenters. The third-order valence-corrected chi connectivity index (χ3v) is 5.27. The lowest BCUT2D eigenvalue weighted by Crippen LogP contribution is -2.44. The second-order valence-corrected chi connectivity index (χ2v) is 6.73. The van der Waals surface area contributed by atoms with E-state index in [-0.39, 0.29) is 11.4 Å². The minimum Gasteiger partial charge on any atom is -0.382 e. The number of nitrogens with zero attached hydrogens (tertiary/aromatic N) is 1. The number of anilines is 2. The molecule has 1 saturated carbocycles. The number of nitrogen functional groups attached to an aromatic ring is 1. The highest BCUT2D eigenvalue weighted by Gasteiger charge is 2.26. The van der Waals surface area contributed by atoms with Crippen LogP contribution in [-0.4, -0.2) is 22.5 Å². The number of nitrogens with two attached hydrogens (primary N) is 1. The van der Waals surface area contributed by atoms with Crippen molar-refractivity contribution >= 4 is 28.2 Å². The molecule has 0 atom stereocenters. The second kappa shape index (κ2) is 5.99. The molecular formula is C14H24N4OS. The maximum absolute atomic E-state index is 12.3. The third-order valence-electron chi connectivity index (χ3n) is 4.27. The van der Waals surface area contributed by atoms with Crippen LogP contribution in [0.4, 0.5) is 10.9 Å². The van der Waals surface area contributed by atoms with Gasteiger partial charge in [-0.3, -0.25) is 4.79 Å². The van der Waals surface area contributed by atoms with Gasteiger partial charge in [-0.15, -0.1) is 0 Å². The minimum atomic E-state index is -0.185. The van der Waals surface area contributed by atoms with E-state index in [1.165, 1.54) is 30.6 Å². The fraction of sp³-hybridized carbons (Fsp3) is 0.714. The average molecular weight is 296 g/mol. The number of carbonyl (C=O) groups is 1. The second-order valence-electron chi connectivity index (χ2n) is 5.73. The number of rotatable bonds is 6. The van der Waals surface area contributed by atoms with Crippen LogP contribution in [-0.2, 0) is 0 Å². The first kappa shape index (κ1) is 15.1. The van der Waals surface area contributed by atoms with Crippen LogP contribution in [0.1, 0.15) is 62.5 Å². The molecule has 5 nitrogen and oxygen atoms in total. The Bertz CT molecular complexity index is 478. The Balaban J connectivity index is 2.05. The number of hydrogen-bond donors (Lipinski definition) is 3. The van der Waals surface area contributed by atoms with Crippen molar-refractivity contribution in [1.29, 1.82) is 0 Å². The lowest BCUT2D eigenvalue weighted by molar-refractivity contribution is 0.0906. The van der Waals surface area contributed by atoms with Crippen LogP contribution in [0, 0.1) is 0 Å². The van der Waals surface area contributed by atoms with Gasteiger partial charge in [0.05, 0.1) is 0 Å². The van der Waals surface area contributed by atoms with Crippen molar-refractivity contribution in [2.75, 3.05) is 11.1 Å². The Morgan fingerprint density at radius 1 is 1.45 bits per heavy atom. The summed E-state index contributed by atoms with van der Waals surface area (Å²) >= 11 is 1.35. The number of aromatic nitrogens is 1. The van der Waals surface area contributed by atoms with Crippen molar-refractivity contribution in [3.05, 3.63) is 4.88 Å². The van der Waals surface area contributed by atoms with E-state index >= 15 is 0 Å². The van der Waals surface area contributed by atoms with Crippen LogP contribution >= 0.6 is 11.3 Å². The average Bonchev–Trinajstić information content (AvgIpc) is 2.75. The quantitative estimate of drug-likeness (QED) is 0.754. The first-order chi connectivity index (χ1) is 9.47. The number of thiazole rings is 1. The number of hydrogen-bond acceptors (Lipinski definition) is 5. The van der Waals surface area contributed by atoms with Crippen LogP contribution in [0.5, 0.6) is 0 Å². The molecule has 0 aromatic carbocycles. The largest absolute Gasteiger partial charge is 0.382 e. The van der Waals surface area contributed by atoms with Gasteiger partial charge in [0, 0.05) is 11.6 Å². The van der Waals surface area contributed by atoms with Crippen LogP contribution in [0.25, 0.3) is 0 Å². The summed E-state index contributed by atoms with van der Waals surface area (Å²) in [5, 5.41) is 7.16. The molecule has 1 aromatic rings. The molecule has 0 aliphatic heterocycles. The van der Waals surface area contributed by atoms with E-state index in [9.17, 15) is 4.79 Å². The molecule has 0 radical (unpaired) electrons. The molecule has 1 aliphatic carbocycles. The lowest BCUT2D eigenvalue weighted by atomic mass is 9.93. The fourth-order valence-electron chi connectivity index (χ4n) is 2.04. The monoisotopic (exact) mass is 296 g/mol. The Morgan fingerprint density at radius 3 is 2.60 bits per heavy atom. The van der Waals surface area contributed by atoms with Crippen molar-refractivity contribution in [1.82, 2.24) is 10.3 Å². The van der Waals surface area contributed by atoms with Crippen LogP contribution in [0.3, 0.4) is 0 Å². The van der Waals surface area contributed by atoms with E-state index in [2.05, 4.69) is 36.4 Å². The van der Waals surface area contributed by atoms with E-state index in [4.69, 9.17) is 5.73 Å². The van der Waals surface area contributed by atoms with Gasteiger partial charge >= 0.3 is 0 Å². The van der Waals surface area contributed by atoms with Crippen molar-refractivity contribution in [3.8, 4) is 0 Å². The summed E-state index contributed by atoms with van der Waals surface area (Å²) in [5.41, 5.74) is 5.69. The highest BCUT2D eigenvalue weighted by Crippen LogP contribution is 2.30. The summed E-state index contributed by atoms with van der Waals surface area (Å²) in [6.45, 7) is 6.20. The van der Waals surface area contributed by atoms with Crippen molar-refractivity contribution in [3.63, 3.8) is 0 Å². The Labute approximate surface area is 124 Å². The molecule has 1 aliphatic rings. The SMILES string of the molecule is CCC(C)(CC)NC(=O)c1sc(NC2CCC2)nc1N. The molecule has 20 heavy (non-hydrogen) atoms. The van der Waals surface area contributed by atoms with Gasteiger partial charge in [0.15, 0.2) is 5.13 Å². The maximum Gasteiger partial charge on any atom is 0.265 e. The van der Waals surface area contributed by atoms with E-state index in [1.807, 2.05) is 0 Å². The number of nitrogens with one attached hydrogen (secondary N) is 2. The first-order valence-corrected chi connectivity index (χ1v) is 8.14. The predicted octanol–water partition coefficient (Wildman–Crippen LogP) is 3.00. The van der Waals surface area contributed by atoms with Gasteiger partial charge in [-0.05, 0) is 39.0 Å². The Hall–Kier alpha value is -1.30. The van der Waals surface area contributed by atoms with Gasteiger partial charge in [0.2, 0.25) is 0 Å². The summed E-state index contributed by atoms with van der Waals surface area (Å²) < 4.78 is 0.